The Hall–Kier alpha value is -2.76. The Morgan fingerprint density at radius 3 is 2.04 bits per heavy atom. The molecule has 0 aliphatic heterocycles. The van der Waals surface area contributed by atoms with Gasteiger partial charge in [-0.05, 0) is 48.6 Å². The lowest BCUT2D eigenvalue weighted by atomic mass is 9.94. The number of nitrogens with zero attached hydrogens (tertiary/aromatic N) is 2. The highest BCUT2D eigenvalue weighted by molar-refractivity contribution is 5.93. The van der Waals surface area contributed by atoms with Gasteiger partial charge in [-0.3, -0.25) is 4.79 Å². The van der Waals surface area contributed by atoms with Gasteiger partial charge in [-0.2, -0.15) is 0 Å². The van der Waals surface area contributed by atoms with Gasteiger partial charge in [0.25, 0.3) is 5.91 Å². The second-order valence-corrected chi connectivity index (χ2v) is 6.87. The number of carbonyl (C=O) groups is 2. The van der Waals surface area contributed by atoms with Crippen LogP contribution in [0.25, 0.3) is 0 Å². The van der Waals surface area contributed by atoms with Crippen LogP contribution in [0.4, 0.5) is 0 Å². The zero-order valence-corrected chi connectivity index (χ0v) is 13.7. The van der Waals surface area contributed by atoms with E-state index in [2.05, 4.69) is 39.6 Å². The molecular weight excluding hydrogens is 318 g/mol. The van der Waals surface area contributed by atoms with Gasteiger partial charge in [-0.1, -0.05) is 24.3 Å². The fourth-order valence-electron chi connectivity index (χ4n) is 4.17. The van der Waals surface area contributed by atoms with Crippen LogP contribution in [-0.4, -0.2) is 33.0 Å². The number of fused-ring (bicyclic) bond motifs is 3. The average Bonchev–Trinajstić information content (AvgIpc) is 2.89. The summed E-state index contributed by atoms with van der Waals surface area (Å²) in [7, 11) is 0. The van der Waals surface area contributed by atoms with Gasteiger partial charge in [0.1, 0.15) is 5.69 Å². The first-order valence-corrected chi connectivity index (χ1v) is 8.55. The second kappa shape index (κ2) is 6.27. The van der Waals surface area contributed by atoms with Gasteiger partial charge in [0.15, 0.2) is 5.69 Å². The van der Waals surface area contributed by atoms with Gasteiger partial charge in [-0.25, -0.2) is 14.8 Å². The van der Waals surface area contributed by atoms with Crippen molar-refractivity contribution < 1.29 is 14.7 Å². The molecule has 1 saturated carbocycles. The summed E-state index contributed by atoms with van der Waals surface area (Å²) in [6.45, 7) is 0. The van der Waals surface area contributed by atoms with E-state index < -0.39 is 5.97 Å². The van der Waals surface area contributed by atoms with Gasteiger partial charge in [0.2, 0.25) is 0 Å². The van der Waals surface area contributed by atoms with Crippen molar-refractivity contribution >= 4 is 11.9 Å². The molecule has 2 aromatic rings. The number of rotatable bonds is 3. The highest BCUT2D eigenvalue weighted by atomic mass is 16.4. The first-order valence-electron chi connectivity index (χ1n) is 8.55. The van der Waals surface area contributed by atoms with E-state index in [0.29, 0.717) is 11.8 Å². The molecule has 2 bridgehead atoms. The zero-order valence-electron chi connectivity index (χ0n) is 13.7. The van der Waals surface area contributed by atoms with E-state index in [1.165, 1.54) is 17.3 Å². The third-order valence-electron chi connectivity index (χ3n) is 5.41. The van der Waals surface area contributed by atoms with E-state index in [1.54, 1.807) is 0 Å². The summed E-state index contributed by atoms with van der Waals surface area (Å²) < 4.78 is 0. The minimum atomic E-state index is -1.15. The molecule has 1 amide bonds. The first kappa shape index (κ1) is 15.7. The summed E-state index contributed by atoms with van der Waals surface area (Å²) in [5, 5.41) is 12.0. The highest BCUT2D eigenvalue weighted by Crippen LogP contribution is 2.40. The van der Waals surface area contributed by atoms with E-state index in [4.69, 9.17) is 5.11 Å². The molecule has 4 rings (SSSR count). The minimum Gasteiger partial charge on any atom is -0.476 e. The van der Waals surface area contributed by atoms with Gasteiger partial charge < -0.3 is 10.4 Å². The molecule has 6 nitrogen and oxygen atoms in total. The fraction of sp³-hybridized carbons (Fsp3) is 0.368. The largest absolute Gasteiger partial charge is 0.476 e. The van der Waals surface area contributed by atoms with Gasteiger partial charge in [0.05, 0.1) is 12.4 Å². The Morgan fingerprint density at radius 2 is 1.52 bits per heavy atom. The van der Waals surface area contributed by atoms with Crippen LogP contribution in [0.1, 0.15) is 44.9 Å². The minimum absolute atomic E-state index is 0.126. The van der Waals surface area contributed by atoms with E-state index >= 15 is 0 Å². The number of aromatic nitrogens is 2. The molecule has 1 aromatic carbocycles. The Kier molecular flexibility index (Phi) is 3.95. The standard InChI is InChI=1S/C19H19N3O3/c23-18(15-9-21-16(10-20-15)19(24)25)22-17-13-5-6-14(17)8-12-4-2-1-3-11(12)7-13/h1-4,9-10,13-14,17H,5-8H2,(H,22,23)(H,24,25). The summed E-state index contributed by atoms with van der Waals surface area (Å²) in [5.74, 6) is -0.566. The molecule has 6 heteroatoms. The number of carboxylic acids is 1. The van der Waals surface area contributed by atoms with Gasteiger partial charge in [-0.15, -0.1) is 0 Å². The lowest BCUT2D eigenvalue weighted by Crippen LogP contribution is -2.42. The molecule has 2 aliphatic rings. The third-order valence-corrected chi connectivity index (χ3v) is 5.41. The second-order valence-electron chi connectivity index (χ2n) is 6.87. The van der Waals surface area contributed by atoms with Crippen molar-refractivity contribution in [2.24, 2.45) is 11.8 Å². The summed E-state index contributed by atoms with van der Waals surface area (Å²) in [5.41, 5.74) is 2.77. The number of aromatic carboxylic acids is 1. The Balaban J connectivity index is 1.51. The van der Waals surface area contributed by atoms with Crippen LogP contribution in [0.5, 0.6) is 0 Å². The van der Waals surface area contributed by atoms with Gasteiger partial charge in [0, 0.05) is 6.04 Å². The number of amides is 1. The number of nitrogens with one attached hydrogen (secondary N) is 1. The van der Waals surface area contributed by atoms with Crippen LogP contribution in [0, 0.1) is 11.8 Å². The predicted molar refractivity (Wildman–Crippen MR) is 90.3 cm³/mol. The van der Waals surface area contributed by atoms with Crippen LogP contribution in [0.2, 0.25) is 0 Å². The number of hydrogen-bond donors (Lipinski definition) is 2. The monoisotopic (exact) mass is 337 g/mol. The molecule has 2 unspecified atom stereocenters. The Bertz CT molecular complexity index is 786. The van der Waals surface area contributed by atoms with E-state index in [1.807, 2.05) is 0 Å². The van der Waals surface area contributed by atoms with Crippen LogP contribution in [-0.2, 0) is 12.8 Å². The number of carbonyl (C=O) groups excluding carboxylic acids is 1. The lowest BCUT2D eigenvalue weighted by Gasteiger charge is -2.23. The number of hydrogen-bond acceptors (Lipinski definition) is 4. The van der Waals surface area contributed by atoms with Crippen molar-refractivity contribution in [3.05, 3.63) is 59.2 Å². The highest BCUT2D eigenvalue weighted by Gasteiger charge is 2.39. The smallest absolute Gasteiger partial charge is 0.356 e. The predicted octanol–water partition coefficient (Wildman–Crippen LogP) is 2.10. The maximum absolute atomic E-state index is 12.5. The van der Waals surface area contributed by atoms with Crippen LogP contribution >= 0.6 is 0 Å². The summed E-state index contributed by atoms with van der Waals surface area (Å²) in [6, 6.07) is 8.65. The van der Waals surface area contributed by atoms with Crippen molar-refractivity contribution in [1.82, 2.24) is 15.3 Å². The Labute approximate surface area is 145 Å². The van der Waals surface area contributed by atoms with Crippen LogP contribution in [0.3, 0.4) is 0 Å². The normalized spacial score (nSPS) is 24.2. The molecule has 1 aromatic heterocycles. The molecule has 2 aliphatic carbocycles. The molecule has 0 saturated heterocycles. The molecular formula is C19H19N3O3. The van der Waals surface area contributed by atoms with E-state index in [9.17, 15) is 9.59 Å². The van der Waals surface area contributed by atoms with Crippen molar-refractivity contribution in [1.29, 1.82) is 0 Å². The fourth-order valence-corrected chi connectivity index (χ4v) is 4.17. The van der Waals surface area contributed by atoms with Crippen molar-refractivity contribution in [3.8, 4) is 0 Å². The van der Waals surface area contributed by atoms with Crippen LogP contribution in [0.15, 0.2) is 36.7 Å². The maximum Gasteiger partial charge on any atom is 0.356 e. The van der Waals surface area contributed by atoms with Crippen molar-refractivity contribution in [2.45, 2.75) is 31.7 Å². The molecule has 1 fully saturated rings. The molecule has 128 valence electrons. The van der Waals surface area contributed by atoms with Crippen molar-refractivity contribution in [3.63, 3.8) is 0 Å². The molecule has 25 heavy (non-hydrogen) atoms. The first-order chi connectivity index (χ1) is 12.1. The molecule has 2 atom stereocenters. The molecule has 2 N–H and O–H groups in total. The molecule has 0 spiro atoms. The van der Waals surface area contributed by atoms with E-state index in [-0.39, 0.29) is 23.3 Å². The lowest BCUT2D eigenvalue weighted by molar-refractivity contribution is 0.0688. The summed E-state index contributed by atoms with van der Waals surface area (Å²) >= 11 is 0. The van der Waals surface area contributed by atoms with E-state index in [0.717, 1.165) is 31.9 Å². The molecule has 0 radical (unpaired) electrons. The number of carboxylic acid groups (broad SMARTS) is 1. The maximum atomic E-state index is 12.5. The quantitative estimate of drug-likeness (QED) is 0.895. The Morgan fingerprint density at radius 1 is 0.960 bits per heavy atom. The number of benzene rings is 1. The average molecular weight is 337 g/mol. The third kappa shape index (κ3) is 2.99. The van der Waals surface area contributed by atoms with Crippen LogP contribution < -0.4 is 5.32 Å². The topological polar surface area (TPSA) is 92.2 Å². The van der Waals surface area contributed by atoms with Gasteiger partial charge >= 0.3 is 5.97 Å². The van der Waals surface area contributed by atoms with Crippen molar-refractivity contribution in [2.75, 3.05) is 0 Å². The summed E-state index contributed by atoms with van der Waals surface area (Å²) in [6.07, 6.45) is 6.56. The SMILES string of the molecule is O=C(O)c1cnc(C(=O)NC2C3CCC2Cc2ccccc2C3)cn1. The zero-order chi connectivity index (χ0) is 17.4. The molecule has 1 heterocycles. The summed E-state index contributed by atoms with van der Waals surface area (Å²) in [4.78, 5) is 31.1.